The number of ether oxygens (including phenoxy) is 1. The lowest BCUT2D eigenvalue weighted by molar-refractivity contribution is 0.0357. The minimum absolute atomic E-state index is 0.170. The molecule has 2 N–H and O–H groups in total. The monoisotopic (exact) mass is 263 g/mol. The standard InChI is InChI=1S/C15H21NO3/c1-2-15(7-9-19-10-8-15)16-11-12-3-5-13(6-4-12)14(17)18/h3-6,16H,2,7-11H2,1H3,(H,17,18). The van der Waals surface area contributed by atoms with Crippen LogP contribution in [0.15, 0.2) is 24.3 Å². The van der Waals surface area contributed by atoms with Crippen LogP contribution in [0.3, 0.4) is 0 Å². The number of hydrogen-bond donors (Lipinski definition) is 2. The lowest BCUT2D eigenvalue weighted by atomic mass is 9.87. The van der Waals surface area contributed by atoms with Crippen molar-refractivity contribution in [2.75, 3.05) is 13.2 Å². The van der Waals surface area contributed by atoms with Crippen molar-refractivity contribution in [3.05, 3.63) is 35.4 Å². The van der Waals surface area contributed by atoms with Crippen LogP contribution in [0.2, 0.25) is 0 Å². The van der Waals surface area contributed by atoms with E-state index in [1.54, 1.807) is 12.1 Å². The van der Waals surface area contributed by atoms with Crippen LogP contribution >= 0.6 is 0 Å². The summed E-state index contributed by atoms with van der Waals surface area (Å²) in [7, 11) is 0. The van der Waals surface area contributed by atoms with Gasteiger partial charge < -0.3 is 15.2 Å². The van der Waals surface area contributed by atoms with E-state index in [1.807, 2.05) is 12.1 Å². The van der Waals surface area contributed by atoms with Gasteiger partial charge in [0.1, 0.15) is 0 Å². The third kappa shape index (κ3) is 3.55. The summed E-state index contributed by atoms with van der Waals surface area (Å²) in [5.41, 5.74) is 1.62. The van der Waals surface area contributed by atoms with Crippen molar-refractivity contribution in [2.24, 2.45) is 0 Å². The van der Waals surface area contributed by atoms with Crippen LogP contribution in [0.1, 0.15) is 42.1 Å². The van der Waals surface area contributed by atoms with Gasteiger partial charge in [-0.1, -0.05) is 19.1 Å². The Balaban J connectivity index is 1.95. The molecule has 1 fully saturated rings. The minimum Gasteiger partial charge on any atom is -0.478 e. The van der Waals surface area contributed by atoms with Crippen molar-refractivity contribution in [1.29, 1.82) is 0 Å². The molecule has 0 bridgehead atoms. The molecule has 0 aromatic heterocycles. The lowest BCUT2D eigenvalue weighted by Crippen LogP contribution is -2.48. The van der Waals surface area contributed by atoms with Crippen LogP contribution in [0.25, 0.3) is 0 Å². The topological polar surface area (TPSA) is 58.6 Å². The maximum Gasteiger partial charge on any atom is 0.335 e. The Morgan fingerprint density at radius 3 is 2.47 bits per heavy atom. The first-order valence-corrected chi connectivity index (χ1v) is 6.80. The number of carboxylic acids is 1. The molecule has 0 radical (unpaired) electrons. The molecule has 4 nitrogen and oxygen atoms in total. The highest BCUT2D eigenvalue weighted by Gasteiger charge is 2.29. The van der Waals surface area contributed by atoms with Gasteiger partial charge in [-0.05, 0) is 37.0 Å². The molecule has 0 atom stereocenters. The molecule has 1 aliphatic heterocycles. The zero-order chi connectivity index (χ0) is 13.7. The molecule has 19 heavy (non-hydrogen) atoms. The molecule has 1 aliphatic rings. The Morgan fingerprint density at radius 2 is 1.95 bits per heavy atom. The maximum atomic E-state index is 10.8. The summed E-state index contributed by atoms with van der Waals surface area (Å²) in [6.07, 6.45) is 3.16. The van der Waals surface area contributed by atoms with Gasteiger partial charge in [0, 0.05) is 25.3 Å². The van der Waals surface area contributed by atoms with E-state index in [0.29, 0.717) is 5.56 Å². The molecule has 4 heteroatoms. The summed E-state index contributed by atoms with van der Waals surface area (Å²) < 4.78 is 5.42. The van der Waals surface area contributed by atoms with E-state index in [-0.39, 0.29) is 5.54 Å². The first-order valence-electron chi connectivity index (χ1n) is 6.80. The Hall–Kier alpha value is -1.39. The van der Waals surface area contributed by atoms with Gasteiger partial charge in [-0.2, -0.15) is 0 Å². The van der Waals surface area contributed by atoms with Gasteiger partial charge >= 0.3 is 5.97 Å². The quantitative estimate of drug-likeness (QED) is 0.856. The zero-order valence-electron chi connectivity index (χ0n) is 11.3. The van der Waals surface area contributed by atoms with Crippen LogP contribution in [-0.4, -0.2) is 29.8 Å². The molecule has 0 unspecified atom stereocenters. The molecule has 104 valence electrons. The van der Waals surface area contributed by atoms with Crippen molar-refractivity contribution in [2.45, 2.75) is 38.3 Å². The predicted octanol–water partition coefficient (Wildman–Crippen LogP) is 2.43. The van der Waals surface area contributed by atoms with E-state index in [2.05, 4.69) is 12.2 Å². The second-order valence-corrected chi connectivity index (χ2v) is 5.10. The van der Waals surface area contributed by atoms with Crippen LogP contribution in [0.4, 0.5) is 0 Å². The predicted molar refractivity (Wildman–Crippen MR) is 73.3 cm³/mol. The number of aromatic carboxylic acids is 1. The molecular formula is C15H21NO3. The summed E-state index contributed by atoms with van der Waals surface area (Å²) in [6.45, 7) is 4.61. The zero-order valence-corrected chi connectivity index (χ0v) is 11.3. The third-order valence-corrected chi connectivity index (χ3v) is 4.00. The minimum atomic E-state index is -0.881. The smallest absolute Gasteiger partial charge is 0.335 e. The number of benzene rings is 1. The second-order valence-electron chi connectivity index (χ2n) is 5.10. The van der Waals surface area contributed by atoms with E-state index < -0.39 is 5.97 Å². The van der Waals surface area contributed by atoms with Gasteiger partial charge in [-0.25, -0.2) is 4.79 Å². The summed E-state index contributed by atoms with van der Waals surface area (Å²) >= 11 is 0. The summed E-state index contributed by atoms with van der Waals surface area (Å²) in [6, 6.07) is 7.06. The highest BCUT2D eigenvalue weighted by Crippen LogP contribution is 2.24. The molecule has 0 spiro atoms. The van der Waals surface area contributed by atoms with Crippen LogP contribution in [0.5, 0.6) is 0 Å². The van der Waals surface area contributed by atoms with Gasteiger partial charge in [0.05, 0.1) is 5.56 Å². The molecule has 1 saturated heterocycles. The molecule has 1 aromatic carbocycles. The van der Waals surface area contributed by atoms with Crippen molar-refractivity contribution in [3.63, 3.8) is 0 Å². The number of carboxylic acid groups (broad SMARTS) is 1. The Kier molecular flexibility index (Phi) is 4.56. The molecule has 0 amide bonds. The van der Waals surface area contributed by atoms with Crippen LogP contribution in [-0.2, 0) is 11.3 Å². The van der Waals surface area contributed by atoms with Crippen molar-refractivity contribution < 1.29 is 14.6 Å². The normalized spacial score (nSPS) is 18.2. The van der Waals surface area contributed by atoms with Crippen molar-refractivity contribution >= 4 is 5.97 Å². The fourth-order valence-corrected chi connectivity index (χ4v) is 2.47. The van der Waals surface area contributed by atoms with Gasteiger partial charge in [0.25, 0.3) is 0 Å². The first-order chi connectivity index (χ1) is 9.15. The maximum absolute atomic E-state index is 10.8. The Morgan fingerprint density at radius 1 is 1.32 bits per heavy atom. The average molecular weight is 263 g/mol. The Labute approximate surface area is 113 Å². The fraction of sp³-hybridized carbons (Fsp3) is 0.533. The van der Waals surface area contributed by atoms with Gasteiger partial charge in [-0.15, -0.1) is 0 Å². The highest BCUT2D eigenvalue weighted by atomic mass is 16.5. The molecule has 0 saturated carbocycles. The fourth-order valence-electron chi connectivity index (χ4n) is 2.47. The molecular weight excluding hydrogens is 242 g/mol. The van der Waals surface area contributed by atoms with Crippen LogP contribution in [0, 0.1) is 0 Å². The third-order valence-electron chi connectivity index (χ3n) is 4.00. The Bertz CT molecular complexity index is 422. The molecule has 2 rings (SSSR count). The summed E-state index contributed by atoms with van der Waals surface area (Å²) in [5, 5.41) is 12.5. The average Bonchev–Trinajstić information content (AvgIpc) is 2.46. The SMILES string of the molecule is CCC1(NCc2ccc(C(=O)O)cc2)CCOCC1. The first kappa shape index (κ1) is 14.0. The van der Waals surface area contributed by atoms with Crippen molar-refractivity contribution in [3.8, 4) is 0 Å². The highest BCUT2D eigenvalue weighted by molar-refractivity contribution is 5.87. The largest absolute Gasteiger partial charge is 0.478 e. The number of hydrogen-bond acceptors (Lipinski definition) is 3. The number of carbonyl (C=O) groups is 1. The number of rotatable bonds is 5. The van der Waals surface area contributed by atoms with Gasteiger partial charge in [0.15, 0.2) is 0 Å². The van der Waals surface area contributed by atoms with E-state index in [9.17, 15) is 4.79 Å². The van der Waals surface area contributed by atoms with Crippen molar-refractivity contribution in [1.82, 2.24) is 5.32 Å². The summed E-state index contributed by atoms with van der Waals surface area (Å²) in [4.78, 5) is 10.8. The van der Waals surface area contributed by atoms with E-state index >= 15 is 0 Å². The van der Waals surface area contributed by atoms with E-state index in [1.165, 1.54) is 0 Å². The van der Waals surface area contributed by atoms with E-state index in [4.69, 9.17) is 9.84 Å². The van der Waals surface area contributed by atoms with Gasteiger partial charge in [0.2, 0.25) is 0 Å². The molecule has 1 heterocycles. The molecule has 1 aromatic rings. The molecule has 0 aliphatic carbocycles. The van der Waals surface area contributed by atoms with E-state index in [0.717, 1.165) is 44.6 Å². The van der Waals surface area contributed by atoms with Crippen LogP contribution < -0.4 is 5.32 Å². The summed E-state index contributed by atoms with van der Waals surface area (Å²) in [5.74, 6) is -0.881. The lowest BCUT2D eigenvalue weighted by Gasteiger charge is -2.37. The number of nitrogens with one attached hydrogen (secondary N) is 1. The second kappa shape index (κ2) is 6.17. The van der Waals surface area contributed by atoms with Gasteiger partial charge in [-0.3, -0.25) is 0 Å².